The Morgan fingerprint density at radius 2 is 1.93 bits per heavy atom. The molecular weight excluding hydrogens is 343 g/mol. The molecule has 2 heterocycles. The molecule has 2 aliphatic heterocycles. The van der Waals surface area contributed by atoms with Gasteiger partial charge in [-0.3, -0.25) is 14.5 Å². The number of carbonyl (C=O) groups is 2. The molecule has 0 radical (unpaired) electrons. The number of carbonyl (C=O) groups excluding carboxylic acids is 2. The number of hydrogen-bond acceptors (Lipinski definition) is 2. The van der Waals surface area contributed by atoms with Crippen molar-refractivity contribution in [2.24, 2.45) is 0 Å². The van der Waals surface area contributed by atoms with Crippen LogP contribution in [0.4, 0.5) is 4.39 Å². The molecule has 2 aromatic rings. The summed E-state index contributed by atoms with van der Waals surface area (Å²) in [5.41, 5.74) is 2.83. The molecule has 4 nitrogen and oxygen atoms in total. The summed E-state index contributed by atoms with van der Waals surface area (Å²) in [4.78, 5) is 28.8. The molecular formula is C22H21FN2O2. The van der Waals surface area contributed by atoms with E-state index in [1.54, 1.807) is 12.1 Å². The molecule has 0 saturated carbocycles. The zero-order chi connectivity index (χ0) is 19.0. The zero-order valence-electron chi connectivity index (χ0n) is 15.0. The maximum atomic E-state index is 13.4. The number of benzene rings is 2. The molecule has 1 saturated heterocycles. The minimum atomic E-state index is -0.264. The van der Waals surface area contributed by atoms with Gasteiger partial charge >= 0.3 is 0 Å². The lowest BCUT2D eigenvalue weighted by atomic mass is 10.0. The minimum absolute atomic E-state index is 0.00794. The first-order valence-electron chi connectivity index (χ1n) is 9.18. The quantitative estimate of drug-likeness (QED) is 0.833. The van der Waals surface area contributed by atoms with E-state index in [2.05, 4.69) is 6.58 Å². The van der Waals surface area contributed by atoms with Crippen molar-refractivity contribution in [1.29, 1.82) is 0 Å². The topological polar surface area (TPSA) is 40.6 Å². The van der Waals surface area contributed by atoms with Crippen LogP contribution in [0.25, 0.3) is 5.70 Å². The maximum absolute atomic E-state index is 13.4. The first-order valence-corrected chi connectivity index (χ1v) is 9.18. The third-order valence-corrected chi connectivity index (χ3v) is 5.39. The Bertz CT molecular complexity index is 889. The molecule has 0 unspecified atom stereocenters. The van der Waals surface area contributed by atoms with Gasteiger partial charge in [-0.25, -0.2) is 4.39 Å². The van der Waals surface area contributed by atoms with Gasteiger partial charge < -0.3 is 4.90 Å². The fourth-order valence-corrected chi connectivity index (χ4v) is 4.04. The molecule has 1 atom stereocenters. The molecule has 2 aliphatic rings. The first kappa shape index (κ1) is 17.5. The number of hydrogen-bond donors (Lipinski definition) is 0. The molecule has 1 fully saturated rings. The number of halogens is 1. The number of rotatable bonds is 4. The van der Waals surface area contributed by atoms with Crippen molar-refractivity contribution < 1.29 is 14.0 Å². The van der Waals surface area contributed by atoms with E-state index in [9.17, 15) is 14.0 Å². The average Bonchev–Trinajstić information content (AvgIpc) is 3.21. The predicted molar refractivity (Wildman–Crippen MR) is 101 cm³/mol. The summed E-state index contributed by atoms with van der Waals surface area (Å²) in [6, 6.07) is 13.8. The van der Waals surface area contributed by atoms with E-state index in [-0.39, 0.29) is 30.2 Å². The first-order chi connectivity index (χ1) is 13.0. The predicted octanol–water partition coefficient (Wildman–Crippen LogP) is 3.49. The van der Waals surface area contributed by atoms with E-state index in [1.807, 2.05) is 29.2 Å². The summed E-state index contributed by atoms with van der Waals surface area (Å²) in [6.45, 7) is 4.66. The summed E-state index contributed by atoms with van der Waals surface area (Å²) in [6.07, 6.45) is 2.43. The van der Waals surface area contributed by atoms with Crippen molar-refractivity contribution in [2.45, 2.75) is 25.3 Å². The number of amides is 2. The van der Waals surface area contributed by atoms with E-state index in [0.29, 0.717) is 24.2 Å². The second kappa shape index (κ2) is 6.99. The monoisotopic (exact) mass is 364 g/mol. The van der Waals surface area contributed by atoms with Crippen LogP contribution < -0.4 is 0 Å². The normalized spacial score (nSPS) is 18.9. The van der Waals surface area contributed by atoms with Gasteiger partial charge in [0.15, 0.2) is 0 Å². The van der Waals surface area contributed by atoms with Gasteiger partial charge in [-0.05, 0) is 43.0 Å². The molecule has 0 bridgehead atoms. The Kier molecular flexibility index (Phi) is 4.52. The molecule has 0 spiro atoms. The Morgan fingerprint density at radius 3 is 2.67 bits per heavy atom. The lowest BCUT2D eigenvalue weighted by Gasteiger charge is -2.27. The molecule has 0 aromatic heterocycles. The van der Waals surface area contributed by atoms with Crippen LogP contribution in [-0.2, 0) is 11.2 Å². The highest BCUT2D eigenvalue weighted by molar-refractivity contribution is 6.10. The number of nitrogens with zero attached hydrogens (tertiary/aromatic N) is 2. The van der Waals surface area contributed by atoms with Crippen LogP contribution in [-0.4, -0.2) is 40.7 Å². The smallest absolute Gasteiger partial charge is 0.259 e. The highest BCUT2D eigenvalue weighted by atomic mass is 19.1. The molecule has 2 aromatic carbocycles. The van der Waals surface area contributed by atoms with Crippen molar-refractivity contribution in [2.75, 3.05) is 13.1 Å². The van der Waals surface area contributed by atoms with E-state index in [0.717, 1.165) is 24.0 Å². The van der Waals surface area contributed by atoms with Crippen LogP contribution in [0.3, 0.4) is 0 Å². The van der Waals surface area contributed by atoms with Gasteiger partial charge in [-0.15, -0.1) is 0 Å². The third-order valence-electron chi connectivity index (χ3n) is 5.39. The third kappa shape index (κ3) is 3.25. The van der Waals surface area contributed by atoms with Gasteiger partial charge in [0.1, 0.15) is 12.4 Å². The van der Waals surface area contributed by atoms with Crippen molar-refractivity contribution in [1.82, 2.24) is 9.80 Å². The number of likely N-dealkylation sites (tertiary alicyclic amines) is 1. The Balaban J connectivity index is 1.46. The second-order valence-corrected chi connectivity index (χ2v) is 7.10. The van der Waals surface area contributed by atoms with Crippen LogP contribution in [0.2, 0.25) is 0 Å². The average molecular weight is 364 g/mol. The summed E-state index contributed by atoms with van der Waals surface area (Å²) < 4.78 is 13.4. The summed E-state index contributed by atoms with van der Waals surface area (Å²) in [5.74, 6) is -0.527. The number of fused-ring (bicyclic) bond motifs is 1. The maximum Gasteiger partial charge on any atom is 0.259 e. The van der Waals surface area contributed by atoms with Crippen molar-refractivity contribution in [3.63, 3.8) is 0 Å². The molecule has 0 N–H and O–H groups in total. The van der Waals surface area contributed by atoms with E-state index < -0.39 is 0 Å². The fraction of sp³-hybridized carbons (Fsp3) is 0.273. The Labute approximate surface area is 157 Å². The molecule has 2 amide bonds. The van der Waals surface area contributed by atoms with Gasteiger partial charge in [0.2, 0.25) is 5.91 Å². The van der Waals surface area contributed by atoms with Crippen LogP contribution in [0.1, 0.15) is 34.3 Å². The molecule has 0 aliphatic carbocycles. The van der Waals surface area contributed by atoms with Gasteiger partial charge in [0, 0.05) is 29.4 Å². The van der Waals surface area contributed by atoms with Crippen LogP contribution in [0.15, 0.2) is 55.1 Å². The van der Waals surface area contributed by atoms with Crippen LogP contribution >= 0.6 is 0 Å². The Hall–Kier alpha value is -2.95. The summed E-state index contributed by atoms with van der Waals surface area (Å²) >= 11 is 0. The van der Waals surface area contributed by atoms with Gasteiger partial charge in [0.25, 0.3) is 5.91 Å². The lowest BCUT2D eigenvalue weighted by Crippen LogP contribution is -2.43. The van der Waals surface area contributed by atoms with Crippen molar-refractivity contribution >= 4 is 17.5 Å². The highest BCUT2D eigenvalue weighted by Gasteiger charge is 2.35. The van der Waals surface area contributed by atoms with E-state index >= 15 is 0 Å². The van der Waals surface area contributed by atoms with Gasteiger partial charge in [-0.2, -0.15) is 0 Å². The highest BCUT2D eigenvalue weighted by Crippen LogP contribution is 2.31. The SMILES string of the molecule is C=C1c2ccccc2C(=O)N1CC(=O)N1CCC[C@H]1Cc1cccc(F)c1. The van der Waals surface area contributed by atoms with Gasteiger partial charge in [-0.1, -0.05) is 36.9 Å². The standard InChI is InChI=1S/C22H21FN2O2/c1-15-19-9-2-3-10-20(19)22(27)25(15)14-21(26)24-11-5-8-18(24)13-16-6-4-7-17(23)12-16/h2-4,6-7,9-10,12,18H,1,5,8,11,13-14H2/t18-/m0/s1. The lowest BCUT2D eigenvalue weighted by molar-refractivity contribution is -0.132. The van der Waals surface area contributed by atoms with Crippen molar-refractivity contribution in [3.05, 3.63) is 77.6 Å². The molecule has 27 heavy (non-hydrogen) atoms. The minimum Gasteiger partial charge on any atom is -0.338 e. The largest absolute Gasteiger partial charge is 0.338 e. The van der Waals surface area contributed by atoms with Crippen LogP contribution in [0.5, 0.6) is 0 Å². The summed E-state index contributed by atoms with van der Waals surface area (Å²) in [7, 11) is 0. The van der Waals surface area contributed by atoms with Crippen molar-refractivity contribution in [3.8, 4) is 0 Å². The zero-order valence-corrected chi connectivity index (χ0v) is 15.0. The van der Waals surface area contributed by atoms with Gasteiger partial charge in [0.05, 0.1) is 0 Å². The van der Waals surface area contributed by atoms with E-state index in [1.165, 1.54) is 17.0 Å². The van der Waals surface area contributed by atoms with Crippen LogP contribution in [0, 0.1) is 5.82 Å². The molecule has 138 valence electrons. The second-order valence-electron chi connectivity index (χ2n) is 7.10. The Morgan fingerprint density at radius 1 is 1.15 bits per heavy atom. The fourth-order valence-electron chi connectivity index (χ4n) is 4.04. The molecule has 4 rings (SSSR count). The van der Waals surface area contributed by atoms with E-state index in [4.69, 9.17) is 0 Å². The molecule has 5 heteroatoms. The summed E-state index contributed by atoms with van der Waals surface area (Å²) in [5, 5.41) is 0.